The molecule has 2 atom stereocenters. The molecule has 2 N–H and O–H groups in total. The smallest absolute Gasteiger partial charge is 0.0551 e. The zero-order chi connectivity index (χ0) is 14.7. The van der Waals surface area contributed by atoms with Crippen LogP contribution in [0, 0.1) is 13.8 Å². The minimum absolute atomic E-state index is 0.0421. The lowest BCUT2D eigenvalue weighted by atomic mass is 9.93. The van der Waals surface area contributed by atoms with Crippen LogP contribution < -0.4 is 5.73 Å². The second kappa shape index (κ2) is 6.23. The van der Waals surface area contributed by atoms with Crippen LogP contribution in [-0.4, -0.2) is 0 Å². The summed E-state index contributed by atoms with van der Waals surface area (Å²) in [4.78, 5) is 0. The van der Waals surface area contributed by atoms with Crippen LogP contribution >= 0.6 is 0 Å². The Morgan fingerprint density at radius 2 is 1.35 bits per heavy atom. The van der Waals surface area contributed by atoms with Crippen molar-refractivity contribution in [3.63, 3.8) is 0 Å². The Morgan fingerprint density at radius 1 is 0.850 bits per heavy atom. The van der Waals surface area contributed by atoms with Crippen molar-refractivity contribution < 1.29 is 0 Å². The van der Waals surface area contributed by atoms with E-state index >= 15 is 0 Å². The van der Waals surface area contributed by atoms with Gasteiger partial charge in [0.2, 0.25) is 0 Å². The molecule has 0 radical (unpaired) electrons. The van der Waals surface area contributed by atoms with Crippen molar-refractivity contribution in [2.45, 2.75) is 46.1 Å². The molecular weight excluding hydrogens is 242 g/mol. The van der Waals surface area contributed by atoms with Gasteiger partial charge in [-0.05, 0) is 42.9 Å². The van der Waals surface area contributed by atoms with Crippen LogP contribution in [0.25, 0.3) is 0 Å². The number of aryl methyl sites for hydroxylation is 2. The Balaban J connectivity index is 2.26. The van der Waals surface area contributed by atoms with E-state index < -0.39 is 0 Å². The molecule has 0 aliphatic rings. The van der Waals surface area contributed by atoms with E-state index in [1.165, 1.54) is 34.2 Å². The predicted octanol–water partition coefficient (Wildman–Crippen LogP) is 4.87. The van der Waals surface area contributed by atoms with Crippen LogP contribution in [0.1, 0.15) is 60.0 Å². The molecule has 0 saturated heterocycles. The van der Waals surface area contributed by atoms with Crippen molar-refractivity contribution >= 4 is 0 Å². The minimum Gasteiger partial charge on any atom is -0.320 e. The normalized spacial score (nSPS) is 14.1. The van der Waals surface area contributed by atoms with Crippen LogP contribution in [0.15, 0.2) is 42.5 Å². The summed E-state index contributed by atoms with van der Waals surface area (Å²) in [6.45, 7) is 8.73. The highest BCUT2D eigenvalue weighted by atomic mass is 14.6. The Labute approximate surface area is 122 Å². The molecule has 0 saturated carbocycles. The maximum Gasteiger partial charge on any atom is 0.0551 e. The van der Waals surface area contributed by atoms with Crippen LogP contribution in [-0.2, 0) is 0 Å². The maximum absolute atomic E-state index is 6.41. The van der Waals surface area contributed by atoms with Crippen LogP contribution in [0.3, 0.4) is 0 Å². The van der Waals surface area contributed by atoms with E-state index in [0.717, 1.165) is 0 Å². The molecular formula is C19H25N. The Kier molecular flexibility index (Phi) is 4.61. The van der Waals surface area contributed by atoms with Gasteiger partial charge >= 0.3 is 0 Å². The summed E-state index contributed by atoms with van der Waals surface area (Å²) in [5.41, 5.74) is 12.7. The van der Waals surface area contributed by atoms with Gasteiger partial charge in [0.15, 0.2) is 0 Å². The summed E-state index contributed by atoms with van der Waals surface area (Å²) >= 11 is 0. The summed E-state index contributed by atoms with van der Waals surface area (Å²) < 4.78 is 0. The summed E-state index contributed by atoms with van der Waals surface area (Å²) in [5.74, 6) is 0.612. The third-order valence-corrected chi connectivity index (χ3v) is 4.08. The fourth-order valence-corrected chi connectivity index (χ4v) is 2.65. The molecule has 0 aromatic heterocycles. The molecule has 1 heteroatoms. The van der Waals surface area contributed by atoms with Gasteiger partial charge in [-0.1, -0.05) is 67.4 Å². The van der Waals surface area contributed by atoms with Gasteiger partial charge in [-0.3, -0.25) is 0 Å². The average molecular weight is 267 g/mol. The third kappa shape index (κ3) is 3.29. The summed E-state index contributed by atoms with van der Waals surface area (Å²) in [6, 6.07) is 15.3. The first-order valence-electron chi connectivity index (χ1n) is 7.45. The van der Waals surface area contributed by atoms with Gasteiger partial charge in [0, 0.05) is 0 Å². The van der Waals surface area contributed by atoms with E-state index in [1.807, 2.05) is 0 Å². The van der Waals surface area contributed by atoms with Gasteiger partial charge in [-0.2, -0.15) is 0 Å². The molecule has 0 fully saturated rings. The van der Waals surface area contributed by atoms with E-state index in [9.17, 15) is 0 Å². The summed E-state index contributed by atoms with van der Waals surface area (Å²) in [7, 11) is 0. The monoisotopic (exact) mass is 267 g/mol. The molecule has 106 valence electrons. The molecule has 2 unspecified atom stereocenters. The van der Waals surface area contributed by atoms with Gasteiger partial charge in [-0.15, -0.1) is 0 Å². The Hall–Kier alpha value is -1.60. The molecule has 20 heavy (non-hydrogen) atoms. The van der Waals surface area contributed by atoms with Gasteiger partial charge in [-0.25, -0.2) is 0 Å². The second-order valence-corrected chi connectivity index (χ2v) is 5.87. The van der Waals surface area contributed by atoms with Gasteiger partial charge in [0.25, 0.3) is 0 Å². The first kappa shape index (κ1) is 14.8. The molecule has 0 amide bonds. The largest absolute Gasteiger partial charge is 0.320 e. The van der Waals surface area contributed by atoms with Gasteiger partial charge in [0.1, 0.15) is 0 Å². The van der Waals surface area contributed by atoms with Crippen molar-refractivity contribution in [1.82, 2.24) is 0 Å². The van der Waals surface area contributed by atoms with Crippen molar-refractivity contribution in [2.75, 3.05) is 0 Å². The Bertz CT molecular complexity index is 549. The van der Waals surface area contributed by atoms with E-state index in [2.05, 4.69) is 70.2 Å². The van der Waals surface area contributed by atoms with Crippen molar-refractivity contribution in [3.05, 3.63) is 70.3 Å². The SMILES string of the molecule is CCC(C)c1ccc(C(N)c2cc(C)cc(C)c2)cc1. The van der Waals surface area contributed by atoms with Crippen molar-refractivity contribution in [1.29, 1.82) is 0 Å². The summed E-state index contributed by atoms with van der Waals surface area (Å²) in [6.07, 6.45) is 1.17. The molecule has 0 spiro atoms. The standard InChI is InChI=1S/C19H25N/c1-5-15(4)16-6-8-17(9-7-16)19(20)18-11-13(2)10-14(3)12-18/h6-12,15,19H,5,20H2,1-4H3. The van der Waals surface area contributed by atoms with E-state index in [0.29, 0.717) is 5.92 Å². The lowest BCUT2D eigenvalue weighted by Crippen LogP contribution is -2.12. The number of hydrogen-bond donors (Lipinski definition) is 1. The van der Waals surface area contributed by atoms with Crippen LogP contribution in [0.2, 0.25) is 0 Å². The zero-order valence-corrected chi connectivity index (χ0v) is 13.0. The van der Waals surface area contributed by atoms with Crippen molar-refractivity contribution in [2.24, 2.45) is 5.73 Å². The molecule has 0 heterocycles. The zero-order valence-electron chi connectivity index (χ0n) is 13.0. The third-order valence-electron chi connectivity index (χ3n) is 4.08. The van der Waals surface area contributed by atoms with E-state index in [1.54, 1.807) is 0 Å². The lowest BCUT2D eigenvalue weighted by Gasteiger charge is -2.16. The first-order chi connectivity index (χ1) is 9.51. The molecule has 0 aliphatic heterocycles. The van der Waals surface area contributed by atoms with E-state index in [-0.39, 0.29) is 6.04 Å². The van der Waals surface area contributed by atoms with Crippen LogP contribution in [0.5, 0.6) is 0 Å². The molecule has 2 rings (SSSR count). The maximum atomic E-state index is 6.41. The summed E-state index contributed by atoms with van der Waals surface area (Å²) in [5, 5.41) is 0. The number of hydrogen-bond acceptors (Lipinski definition) is 1. The fraction of sp³-hybridized carbons (Fsp3) is 0.368. The second-order valence-electron chi connectivity index (χ2n) is 5.87. The van der Waals surface area contributed by atoms with Gasteiger partial charge in [0.05, 0.1) is 6.04 Å². The Morgan fingerprint density at radius 3 is 1.85 bits per heavy atom. The van der Waals surface area contributed by atoms with E-state index in [4.69, 9.17) is 5.73 Å². The van der Waals surface area contributed by atoms with Gasteiger partial charge < -0.3 is 5.73 Å². The highest BCUT2D eigenvalue weighted by Crippen LogP contribution is 2.25. The average Bonchev–Trinajstić information content (AvgIpc) is 2.45. The quantitative estimate of drug-likeness (QED) is 0.840. The fourth-order valence-electron chi connectivity index (χ4n) is 2.65. The van der Waals surface area contributed by atoms with Crippen LogP contribution in [0.4, 0.5) is 0 Å². The molecule has 1 nitrogen and oxygen atoms in total. The lowest BCUT2D eigenvalue weighted by molar-refractivity contribution is 0.732. The number of benzene rings is 2. The highest BCUT2D eigenvalue weighted by Gasteiger charge is 2.10. The number of rotatable bonds is 4. The molecule has 0 aliphatic carbocycles. The topological polar surface area (TPSA) is 26.0 Å². The number of nitrogens with two attached hydrogens (primary N) is 1. The first-order valence-corrected chi connectivity index (χ1v) is 7.45. The molecule has 2 aromatic rings. The highest BCUT2D eigenvalue weighted by molar-refractivity contribution is 5.37. The molecule has 0 bridgehead atoms. The minimum atomic E-state index is -0.0421. The predicted molar refractivity (Wildman–Crippen MR) is 87.1 cm³/mol. The molecule has 2 aromatic carbocycles. The van der Waals surface area contributed by atoms with Crippen molar-refractivity contribution in [3.8, 4) is 0 Å².